The molecule has 0 saturated carbocycles. The molecule has 7 nitrogen and oxygen atoms in total. The number of para-hydroxylation sites is 1. The van der Waals surface area contributed by atoms with Crippen LogP contribution in [0.5, 0.6) is 0 Å². The van der Waals surface area contributed by atoms with Gasteiger partial charge in [-0.1, -0.05) is 73.1 Å². The SMILES string of the molecule is CC[C@H](C)NC(=O)[C@H](Cc1ccccc1)N(Cc1ccc(F)cc1)C(=O)CN(c1ccccc1Cl)S(C)(=O)=O. The Hall–Kier alpha value is -3.43. The van der Waals surface area contributed by atoms with Gasteiger partial charge in [0.25, 0.3) is 0 Å². The van der Waals surface area contributed by atoms with Crippen LogP contribution < -0.4 is 9.62 Å². The molecule has 0 aliphatic carbocycles. The van der Waals surface area contributed by atoms with Crippen LogP contribution in [0.2, 0.25) is 5.02 Å². The van der Waals surface area contributed by atoms with E-state index in [2.05, 4.69) is 5.32 Å². The first-order chi connectivity index (χ1) is 18.5. The Kier molecular flexibility index (Phi) is 10.5. The average molecular weight is 574 g/mol. The van der Waals surface area contributed by atoms with Crippen LogP contribution in [0, 0.1) is 5.82 Å². The van der Waals surface area contributed by atoms with Gasteiger partial charge in [0, 0.05) is 19.0 Å². The minimum absolute atomic E-state index is 0.0370. The number of rotatable bonds is 12. The number of amides is 2. The third-order valence-corrected chi connectivity index (χ3v) is 7.78. The predicted octanol–water partition coefficient (Wildman–Crippen LogP) is 4.80. The van der Waals surface area contributed by atoms with Gasteiger partial charge in [-0.3, -0.25) is 13.9 Å². The van der Waals surface area contributed by atoms with Crippen molar-refractivity contribution >= 4 is 39.1 Å². The van der Waals surface area contributed by atoms with Crippen molar-refractivity contribution in [2.24, 2.45) is 0 Å². The van der Waals surface area contributed by atoms with E-state index in [1.165, 1.54) is 41.3 Å². The first kappa shape index (κ1) is 30.1. The molecule has 39 heavy (non-hydrogen) atoms. The number of nitrogens with one attached hydrogen (secondary N) is 1. The second-order valence-electron chi connectivity index (χ2n) is 9.39. The number of anilines is 1. The fourth-order valence-corrected chi connectivity index (χ4v) is 5.18. The molecule has 0 radical (unpaired) electrons. The number of hydrogen-bond donors (Lipinski definition) is 1. The van der Waals surface area contributed by atoms with Crippen molar-refractivity contribution in [3.8, 4) is 0 Å². The number of hydrogen-bond acceptors (Lipinski definition) is 4. The van der Waals surface area contributed by atoms with Gasteiger partial charge in [0.2, 0.25) is 21.8 Å². The number of benzene rings is 3. The second-order valence-corrected chi connectivity index (χ2v) is 11.7. The number of halogens is 2. The third-order valence-electron chi connectivity index (χ3n) is 6.34. The predicted molar refractivity (Wildman–Crippen MR) is 152 cm³/mol. The van der Waals surface area contributed by atoms with Crippen molar-refractivity contribution < 1.29 is 22.4 Å². The highest BCUT2D eigenvalue weighted by Gasteiger charge is 2.33. The molecular formula is C29H33ClFN3O4S. The van der Waals surface area contributed by atoms with E-state index >= 15 is 0 Å². The van der Waals surface area contributed by atoms with E-state index in [0.29, 0.717) is 12.0 Å². The maximum atomic E-state index is 14.0. The topological polar surface area (TPSA) is 86.8 Å². The van der Waals surface area contributed by atoms with Gasteiger partial charge in [0.15, 0.2) is 0 Å². The molecule has 0 aliphatic rings. The molecule has 0 bridgehead atoms. The summed E-state index contributed by atoms with van der Waals surface area (Å²) in [4.78, 5) is 28.9. The highest BCUT2D eigenvalue weighted by molar-refractivity contribution is 7.92. The number of carbonyl (C=O) groups excluding carboxylic acids is 2. The molecule has 0 fully saturated rings. The van der Waals surface area contributed by atoms with Crippen molar-refractivity contribution in [1.82, 2.24) is 10.2 Å². The lowest BCUT2D eigenvalue weighted by Gasteiger charge is -2.34. The van der Waals surface area contributed by atoms with Crippen LogP contribution in [0.4, 0.5) is 10.1 Å². The third kappa shape index (κ3) is 8.53. The van der Waals surface area contributed by atoms with E-state index in [4.69, 9.17) is 11.6 Å². The maximum Gasteiger partial charge on any atom is 0.244 e. The molecule has 1 N–H and O–H groups in total. The number of nitrogens with zero attached hydrogens (tertiary/aromatic N) is 2. The Bertz CT molecular complexity index is 1370. The van der Waals surface area contributed by atoms with Crippen molar-refractivity contribution in [3.05, 3.63) is 101 Å². The average Bonchev–Trinajstić information content (AvgIpc) is 2.90. The van der Waals surface area contributed by atoms with Gasteiger partial charge in [-0.05, 0) is 48.7 Å². The lowest BCUT2D eigenvalue weighted by Crippen LogP contribution is -2.54. The van der Waals surface area contributed by atoms with Crippen molar-refractivity contribution in [2.45, 2.75) is 45.3 Å². The summed E-state index contributed by atoms with van der Waals surface area (Å²) in [5.41, 5.74) is 1.56. The summed E-state index contributed by atoms with van der Waals surface area (Å²) in [5, 5.41) is 3.12. The summed E-state index contributed by atoms with van der Waals surface area (Å²) in [6.45, 7) is 3.19. The Morgan fingerprint density at radius 2 is 1.56 bits per heavy atom. The van der Waals surface area contributed by atoms with Crippen LogP contribution in [-0.2, 0) is 32.6 Å². The van der Waals surface area contributed by atoms with Gasteiger partial charge in [0.05, 0.1) is 17.0 Å². The van der Waals surface area contributed by atoms with Crippen LogP contribution in [-0.4, -0.2) is 50.0 Å². The van der Waals surface area contributed by atoms with Crippen LogP contribution >= 0.6 is 11.6 Å². The summed E-state index contributed by atoms with van der Waals surface area (Å²) in [6.07, 6.45) is 1.87. The largest absolute Gasteiger partial charge is 0.352 e. The molecule has 208 valence electrons. The molecule has 0 spiro atoms. The normalized spacial score (nSPS) is 12.8. The van der Waals surface area contributed by atoms with Crippen molar-refractivity contribution in [2.75, 3.05) is 17.1 Å². The quantitative estimate of drug-likeness (QED) is 0.337. The summed E-state index contributed by atoms with van der Waals surface area (Å²) in [7, 11) is -3.92. The fourth-order valence-electron chi connectivity index (χ4n) is 4.03. The molecular weight excluding hydrogens is 541 g/mol. The summed E-state index contributed by atoms with van der Waals surface area (Å²) in [5.74, 6) is -1.41. The highest BCUT2D eigenvalue weighted by atomic mass is 35.5. The van der Waals surface area contributed by atoms with Crippen LogP contribution in [0.25, 0.3) is 0 Å². The zero-order valence-corrected chi connectivity index (χ0v) is 23.8. The Labute approximate surface area is 234 Å². The van der Waals surface area contributed by atoms with Crippen LogP contribution in [0.1, 0.15) is 31.4 Å². The summed E-state index contributed by atoms with van der Waals surface area (Å²) >= 11 is 6.30. The molecule has 0 aliphatic heterocycles. The van der Waals surface area contributed by atoms with E-state index in [1.54, 1.807) is 12.1 Å². The monoisotopic (exact) mass is 573 g/mol. The second kappa shape index (κ2) is 13.6. The lowest BCUT2D eigenvalue weighted by molar-refractivity contribution is -0.140. The van der Waals surface area contributed by atoms with E-state index in [0.717, 1.165) is 16.1 Å². The highest BCUT2D eigenvalue weighted by Crippen LogP contribution is 2.27. The molecule has 0 aromatic heterocycles. The van der Waals surface area contributed by atoms with Gasteiger partial charge >= 0.3 is 0 Å². The minimum Gasteiger partial charge on any atom is -0.352 e. The Balaban J connectivity index is 2.06. The van der Waals surface area contributed by atoms with Gasteiger partial charge in [0.1, 0.15) is 18.4 Å². The standard InChI is InChI=1S/C29H33ClFN3O4S/c1-4-21(2)32-29(36)27(18-22-10-6-5-7-11-22)33(19-23-14-16-24(31)17-15-23)28(35)20-34(39(3,37)38)26-13-9-8-12-25(26)30/h5-17,21,27H,4,18-20H2,1-3H3,(H,32,36)/t21-,27-/m0/s1. The molecule has 0 saturated heterocycles. The summed E-state index contributed by atoms with van der Waals surface area (Å²) in [6, 6.07) is 20.1. The molecule has 2 amide bonds. The first-order valence-electron chi connectivity index (χ1n) is 12.6. The smallest absolute Gasteiger partial charge is 0.244 e. The molecule has 10 heteroatoms. The molecule has 0 unspecified atom stereocenters. The van der Waals surface area contributed by atoms with Crippen molar-refractivity contribution in [1.29, 1.82) is 0 Å². The maximum absolute atomic E-state index is 14.0. The van der Waals surface area contributed by atoms with Crippen molar-refractivity contribution in [3.63, 3.8) is 0 Å². The van der Waals surface area contributed by atoms with E-state index in [9.17, 15) is 22.4 Å². The minimum atomic E-state index is -3.92. The molecule has 0 heterocycles. The van der Waals surface area contributed by atoms with E-state index in [-0.39, 0.29) is 35.6 Å². The zero-order chi connectivity index (χ0) is 28.6. The van der Waals surface area contributed by atoms with Gasteiger partial charge in [-0.2, -0.15) is 0 Å². The first-order valence-corrected chi connectivity index (χ1v) is 14.8. The number of carbonyl (C=O) groups is 2. The Morgan fingerprint density at radius 3 is 2.15 bits per heavy atom. The molecule has 3 aromatic carbocycles. The molecule has 3 aromatic rings. The summed E-state index contributed by atoms with van der Waals surface area (Å²) < 4.78 is 40.2. The molecule has 2 atom stereocenters. The fraction of sp³-hybridized carbons (Fsp3) is 0.310. The Morgan fingerprint density at radius 1 is 0.949 bits per heavy atom. The molecule has 3 rings (SSSR count). The van der Waals surface area contributed by atoms with Crippen LogP contribution in [0.15, 0.2) is 78.9 Å². The van der Waals surface area contributed by atoms with E-state index in [1.807, 2.05) is 44.2 Å². The van der Waals surface area contributed by atoms with Gasteiger partial charge < -0.3 is 10.2 Å². The lowest BCUT2D eigenvalue weighted by atomic mass is 10.0. The van der Waals surface area contributed by atoms with Gasteiger partial charge in [-0.25, -0.2) is 12.8 Å². The van der Waals surface area contributed by atoms with Gasteiger partial charge in [-0.15, -0.1) is 0 Å². The van der Waals surface area contributed by atoms with Crippen LogP contribution in [0.3, 0.4) is 0 Å². The van der Waals surface area contributed by atoms with E-state index < -0.39 is 34.3 Å². The zero-order valence-electron chi connectivity index (χ0n) is 22.2. The number of sulfonamides is 1.